The summed E-state index contributed by atoms with van der Waals surface area (Å²) in [4.78, 5) is 9.77. The number of nitrogens with two attached hydrogens (primary N) is 1. The van der Waals surface area contributed by atoms with Gasteiger partial charge in [0, 0.05) is 23.7 Å². The lowest BCUT2D eigenvalue weighted by molar-refractivity contribution is -0.385. The highest BCUT2D eigenvalue weighted by Crippen LogP contribution is 2.23. The lowest BCUT2D eigenvalue weighted by Gasteiger charge is -2.10. The maximum atomic E-state index is 13.2. The van der Waals surface area contributed by atoms with Gasteiger partial charge in [-0.1, -0.05) is 0 Å². The van der Waals surface area contributed by atoms with Crippen LogP contribution in [0.1, 0.15) is 18.0 Å². The number of nitro groups is 1. The second kappa shape index (κ2) is 4.79. The lowest BCUT2D eigenvalue weighted by Crippen LogP contribution is -2.13. The number of alkyl halides is 1. The zero-order valence-electron chi connectivity index (χ0n) is 7.82. The van der Waals surface area contributed by atoms with E-state index in [9.17, 15) is 18.9 Å². The Morgan fingerprint density at radius 3 is 2.73 bits per heavy atom. The van der Waals surface area contributed by atoms with Crippen molar-refractivity contribution in [1.29, 1.82) is 0 Å². The standard InChI is InChI=1S/C9H10F2N2O2/c10-4-3-9(12)7-5-6(13(14)15)1-2-8(7)11/h1-2,5,9H,3-4,12H2/t9-/m1/s1. The van der Waals surface area contributed by atoms with E-state index in [2.05, 4.69) is 0 Å². The van der Waals surface area contributed by atoms with Crippen LogP contribution < -0.4 is 5.73 Å². The number of non-ortho nitro benzene ring substituents is 1. The summed E-state index contributed by atoms with van der Waals surface area (Å²) in [5, 5.41) is 10.4. The second-order valence-corrected chi connectivity index (χ2v) is 3.05. The predicted molar refractivity (Wildman–Crippen MR) is 50.6 cm³/mol. The van der Waals surface area contributed by atoms with Gasteiger partial charge in [-0.2, -0.15) is 0 Å². The molecular formula is C9H10F2N2O2. The molecule has 2 N–H and O–H groups in total. The summed E-state index contributed by atoms with van der Waals surface area (Å²) in [6.45, 7) is -0.691. The van der Waals surface area contributed by atoms with E-state index in [4.69, 9.17) is 5.73 Å². The monoisotopic (exact) mass is 216 g/mol. The van der Waals surface area contributed by atoms with Crippen LogP contribution in [-0.2, 0) is 0 Å². The molecule has 15 heavy (non-hydrogen) atoms. The molecule has 4 nitrogen and oxygen atoms in total. The normalized spacial score (nSPS) is 12.5. The summed E-state index contributed by atoms with van der Waals surface area (Å²) in [6, 6.07) is 2.19. The summed E-state index contributed by atoms with van der Waals surface area (Å²) in [5.74, 6) is -0.651. The first-order chi connectivity index (χ1) is 7.06. The predicted octanol–water partition coefficient (Wildman–Crippen LogP) is 2.09. The molecule has 0 aliphatic heterocycles. The van der Waals surface area contributed by atoms with Gasteiger partial charge in [0.2, 0.25) is 0 Å². The summed E-state index contributed by atoms with van der Waals surface area (Å²) < 4.78 is 25.2. The van der Waals surface area contributed by atoms with Gasteiger partial charge in [0.15, 0.2) is 0 Å². The molecule has 1 aromatic carbocycles. The maximum Gasteiger partial charge on any atom is 0.269 e. The molecule has 0 unspecified atom stereocenters. The molecule has 82 valence electrons. The van der Waals surface area contributed by atoms with E-state index < -0.39 is 23.5 Å². The van der Waals surface area contributed by atoms with Gasteiger partial charge in [0.1, 0.15) is 5.82 Å². The lowest BCUT2D eigenvalue weighted by atomic mass is 10.0. The van der Waals surface area contributed by atoms with Crippen LogP contribution in [-0.4, -0.2) is 11.6 Å². The number of hydrogen-bond acceptors (Lipinski definition) is 3. The molecule has 0 saturated heterocycles. The minimum absolute atomic E-state index is 0.0261. The van der Waals surface area contributed by atoms with Gasteiger partial charge in [0.05, 0.1) is 11.6 Å². The molecule has 0 saturated carbocycles. The number of halogens is 2. The number of benzene rings is 1. The SMILES string of the molecule is N[C@H](CCF)c1cc([N+](=O)[O-])ccc1F. The van der Waals surface area contributed by atoms with E-state index in [1.807, 2.05) is 0 Å². The van der Waals surface area contributed by atoms with Crippen molar-refractivity contribution < 1.29 is 13.7 Å². The van der Waals surface area contributed by atoms with Gasteiger partial charge < -0.3 is 5.73 Å². The second-order valence-electron chi connectivity index (χ2n) is 3.05. The number of nitrogens with zero attached hydrogens (tertiary/aromatic N) is 1. The van der Waals surface area contributed by atoms with Crippen molar-refractivity contribution in [1.82, 2.24) is 0 Å². The zero-order chi connectivity index (χ0) is 11.4. The summed E-state index contributed by atoms with van der Waals surface area (Å²) in [6.07, 6.45) is -0.0575. The Bertz CT molecular complexity index is 371. The van der Waals surface area contributed by atoms with Crippen molar-refractivity contribution in [2.45, 2.75) is 12.5 Å². The van der Waals surface area contributed by atoms with Crippen molar-refractivity contribution in [3.8, 4) is 0 Å². The Morgan fingerprint density at radius 2 is 2.20 bits per heavy atom. The first kappa shape index (κ1) is 11.5. The molecule has 0 fully saturated rings. The van der Waals surface area contributed by atoms with Crippen LogP contribution in [0.2, 0.25) is 0 Å². The van der Waals surface area contributed by atoms with Crippen molar-refractivity contribution in [3.63, 3.8) is 0 Å². The first-order valence-electron chi connectivity index (χ1n) is 4.31. The van der Waals surface area contributed by atoms with E-state index in [1.54, 1.807) is 0 Å². The third kappa shape index (κ3) is 2.69. The molecule has 6 heteroatoms. The number of rotatable bonds is 4. The first-order valence-corrected chi connectivity index (χ1v) is 4.31. The summed E-state index contributed by atoms with van der Waals surface area (Å²) in [7, 11) is 0. The fourth-order valence-electron chi connectivity index (χ4n) is 1.20. The minimum Gasteiger partial charge on any atom is -0.324 e. The summed E-state index contributed by atoms with van der Waals surface area (Å²) >= 11 is 0. The van der Waals surface area contributed by atoms with Crippen LogP contribution in [0, 0.1) is 15.9 Å². The van der Waals surface area contributed by atoms with Crippen LogP contribution in [0.4, 0.5) is 14.5 Å². The summed E-state index contributed by atoms with van der Waals surface area (Å²) in [5.41, 5.74) is 5.20. The molecule has 1 rings (SSSR count). The average molecular weight is 216 g/mol. The molecule has 0 aromatic heterocycles. The van der Waals surface area contributed by atoms with Gasteiger partial charge in [-0.25, -0.2) is 4.39 Å². The molecule has 1 aromatic rings. The highest BCUT2D eigenvalue weighted by molar-refractivity contribution is 5.36. The fraction of sp³-hybridized carbons (Fsp3) is 0.333. The molecule has 0 spiro atoms. The van der Waals surface area contributed by atoms with Crippen LogP contribution in [0.25, 0.3) is 0 Å². The van der Waals surface area contributed by atoms with E-state index in [0.717, 1.165) is 18.2 Å². The highest BCUT2D eigenvalue weighted by Gasteiger charge is 2.15. The Balaban J connectivity index is 3.04. The van der Waals surface area contributed by atoms with E-state index >= 15 is 0 Å². The van der Waals surface area contributed by atoms with Gasteiger partial charge in [-0.3, -0.25) is 14.5 Å². The highest BCUT2D eigenvalue weighted by atomic mass is 19.1. The van der Waals surface area contributed by atoms with E-state index in [0.29, 0.717) is 0 Å². The number of nitro benzene ring substituents is 1. The minimum atomic E-state index is -0.852. The van der Waals surface area contributed by atoms with Gasteiger partial charge in [-0.15, -0.1) is 0 Å². The quantitative estimate of drug-likeness (QED) is 0.618. The van der Waals surface area contributed by atoms with Crippen molar-refractivity contribution in [3.05, 3.63) is 39.7 Å². The third-order valence-electron chi connectivity index (χ3n) is 2.01. The van der Waals surface area contributed by atoms with E-state index in [1.165, 1.54) is 0 Å². The largest absolute Gasteiger partial charge is 0.324 e. The molecule has 0 heterocycles. The Kier molecular flexibility index (Phi) is 3.68. The van der Waals surface area contributed by atoms with Crippen LogP contribution in [0.3, 0.4) is 0 Å². The Hall–Kier alpha value is -1.56. The van der Waals surface area contributed by atoms with Crippen molar-refractivity contribution in [2.75, 3.05) is 6.67 Å². The van der Waals surface area contributed by atoms with Crippen molar-refractivity contribution >= 4 is 5.69 Å². The number of hydrogen-bond donors (Lipinski definition) is 1. The topological polar surface area (TPSA) is 69.2 Å². The fourth-order valence-corrected chi connectivity index (χ4v) is 1.20. The molecule has 0 aliphatic carbocycles. The van der Waals surface area contributed by atoms with Gasteiger partial charge >= 0.3 is 0 Å². The van der Waals surface area contributed by atoms with Crippen LogP contribution >= 0.6 is 0 Å². The molecule has 0 radical (unpaired) electrons. The van der Waals surface area contributed by atoms with Crippen molar-refractivity contribution in [2.24, 2.45) is 5.73 Å². The maximum absolute atomic E-state index is 13.2. The Morgan fingerprint density at radius 1 is 1.53 bits per heavy atom. The molecule has 0 aliphatic rings. The average Bonchev–Trinajstić information content (AvgIpc) is 2.18. The van der Waals surface area contributed by atoms with Gasteiger partial charge in [0.25, 0.3) is 5.69 Å². The molecule has 1 atom stereocenters. The zero-order valence-corrected chi connectivity index (χ0v) is 7.82. The van der Waals surface area contributed by atoms with Crippen LogP contribution in [0.5, 0.6) is 0 Å². The molecule has 0 amide bonds. The van der Waals surface area contributed by atoms with Gasteiger partial charge in [-0.05, 0) is 12.5 Å². The third-order valence-corrected chi connectivity index (χ3v) is 2.01. The molecule has 0 bridgehead atoms. The Labute approximate surface area is 84.9 Å². The molecular weight excluding hydrogens is 206 g/mol. The smallest absolute Gasteiger partial charge is 0.269 e. The van der Waals surface area contributed by atoms with E-state index in [-0.39, 0.29) is 17.7 Å². The van der Waals surface area contributed by atoms with Crippen LogP contribution in [0.15, 0.2) is 18.2 Å².